The smallest absolute Gasteiger partial charge is 0.0756 e. The molecule has 0 amide bonds. The van der Waals surface area contributed by atoms with E-state index in [-0.39, 0.29) is 23.5 Å². The molecule has 3 aliphatic rings. The SMILES string of the molecule is C=C1CC[C@H](O)C/C1=C\C=C1/C(O)CC[C@]2(C)[C@@H]1CC(O)[C@@H]2[C@H](C)CCCC(C)C. The second kappa shape index (κ2) is 9.71. The summed E-state index contributed by atoms with van der Waals surface area (Å²) >= 11 is 0. The van der Waals surface area contributed by atoms with E-state index in [2.05, 4.69) is 46.4 Å². The molecule has 0 saturated heterocycles. The van der Waals surface area contributed by atoms with Gasteiger partial charge in [0.25, 0.3) is 0 Å². The molecule has 0 heterocycles. The van der Waals surface area contributed by atoms with Crippen LogP contribution in [0.25, 0.3) is 0 Å². The van der Waals surface area contributed by atoms with Crippen molar-refractivity contribution in [3.8, 4) is 0 Å². The fraction of sp³-hybridized carbons (Fsp3) is 0.778. The van der Waals surface area contributed by atoms with Gasteiger partial charge in [-0.05, 0) is 78.8 Å². The molecule has 3 rings (SSSR count). The highest BCUT2D eigenvalue weighted by atomic mass is 16.3. The van der Waals surface area contributed by atoms with Crippen molar-refractivity contribution in [2.75, 3.05) is 0 Å². The van der Waals surface area contributed by atoms with E-state index in [1.54, 1.807) is 0 Å². The van der Waals surface area contributed by atoms with Gasteiger partial charge in [-0.25, -0.2) is 0 Å². The fourth-order valence-corrected chi connectivity index (χ4v) is 6.70. The van der Waals surface area contributed by atoms with Crippen molar-refractivity contribution in [3.05, 3.63) is 35.5 Å². The maximum absolute atomic E-state index is 11.1. The first-order valence-electron chi connectivity index (χ1n) is 12.3. The topological polar surface area (TPSA) is 60.7 Å². The van der Waals surface area contributed by atoms with Crippen LogP contribution in [-0.4, -0.2) is 33.6 Å². The molecule has 170 valence electrons. The number of fused-ring (bicyclic) bond motifs is 1. The molecular formula is C27H44O3. The number of hydrogen-bond donors (Lipinski definition) is 3. The van der Waals surface area contributed by atoms with Gasteiger partial charge in [0.1, 0.15) is 0 Å². The molecule has 0 aromatic heterocycles. The van der Waals surface area contributed by atoms with Crippen molar-refractivity contribution >= 4 is 0 Å². The summed E-state index contributed by atoms with van der Waals surface area (Å²) in [4.78, 5) is 0. The summed E-state index contributed by atoms with van der Waals surface area (Å²) in [5.74, 6) is 1.75. The number of hydrogen-bond acceptors (Lipinski definition) is 3. The third-order valence-electron chi connectivity index (χ3n) is 8.41. The molecule has 30 heavy (non-hydrogen) atoms. The van der Waals surface area contributed by atoms with Crippen LogP contribution in [0, 0.1) is 29.1 Å². The van der Waals surface area contributed by atoms with Gasteiger partial charge in [-0.3, -0.25) is 0 Å². The van der Waals surface area contributed by atoms with Gasteiger partial charge in [0.15, 0.2) is 0 Å². The molecule has 3 nitrogen and oxygen atoms in total. The molecule has 0 spiro atoms. The monoisotopic (exact) mass is 416 g/mol. The molecule has 3 fully saturated rings. The van der Waals surface area contributed by atoms with Crippen molar-refractivity contribution in [2.45, 2.75) is 104 Å². The Hall–Kier alpha value is -0.900. The van der Waals surface area contributed by atoms with Gasteiger partial charge in [-0.1, -0.05) is 71.3 Å². The van der Waals surface area contributed by atoms with E-state index in [4.69, 9.17) is 0 Å². The molecular weight excluding hydrogens is 372 g/mol. The third kappa shape index (κ3) is 4.95. The Balaban J connectivity index is 1.80. The highest BCUT2D eigenvalue weighted by Gasteiger charge is 2.56. The van der Waals surface area contributed by atoms with Gasteiger partial charge in [0.2, 0.25) is 0 Å². The van der Waals surface area contributed by atoms with Gasteiger partial charge in [0, 0.05) is 0 Å². The summed E-state index contributed by atoms with van der Waals surface area (Å²) in [6, 6.07) is 0. The predicted molar refractivity (Wildman–Crippen MR) is 124 cm³/mol. The number of aliphatic hydroxyl groups is 3. The van der Waals surface area contributed by atoms with E-state index in [0.29, 0.717) is 18.3 Å². The maximum Gasteiger partial charge on any atom is 0.0756 e. The van der Waals surface area contributed by atoms with Crippen LogP contribution in [0.4, 0.5) is 0 Å². The summed E-state index contributed by atoms with van der Waals surface area (Å²) in [5, 5.41) is 32.0. The zero-order valence-corrected chi connectivity index (χ0v) is 19.6. The predicted octanol–water partition coefficient (Wildman–Crippen LogP) is 5.56. The molecule has 0 aromatic carbocycles. The minimum Gasteiger partial charge on any atom is -0.393 e. The number of rotatable bonds is 6. The summed E-state index contributed by atoms with van der Waals surface area (Å²) in [6.45, 7) is 13.4. The molecule has 2 unspecified atom stereocenters. The first kappa shape index (κ1) is 23.8. The quantitative estimate of drug-likeness (QED) is 0.531. The van der Waals surface area contributed by atoms with Crippen LogP contribution in [0.15, 0.2) is 35.5 Å². The van der Waals surface area contributed by atoms with Crippen molar-refractivity contribution < 1.29 is 15.3 Å². The lowest BCUT2D eigenvalue weighted by Gasteiger charge is -2.46. The standard InChI is InChI=1S/C27H44O3/c1-17(2)7-6-8-19(4)26-25(30)16-23-22(24(29)13-14-27(23,26)5)12-10-20-15-21(28)11-9-18(20)3/h10,12,17,19,21,23-26,28-30H,3,6-9,11,13-16H2,1-2,4-5H3/b20-10+,22-12-/t19-,21+,23-,24?,25?,26+,27-/m1/s1. The Morgan fingerprint density at radius 2 is 1.83 bits per heavy atom. The van der Waals surface area contributed by atoms with Crippen molar-refractivity contribution in [1.29, 1.82) is 0 Å². The maximum atomic E-state index is 11.1. The second-order valence-corrected chi connectivity index (χ2v) is 11.1. The zero-order valence-electron chi connectivity index (χ0n) is 19.6. The third-order valence-corrected chi connectivity index (χ3v) is 8.41. The van der Waals surface area contributed by atoms with Gasteiger partial charge in [-0.2, -0.15) is 0 Å². The minimum atomic E-state index is -0.427. The number of allylic oxidation sites excluding steroid dienone is 3. The normalized spacial score (nSPS) is 40.9. The van der Waals surface area contributed by atoms with Crippen LogP contribution < -0.4 is 0 Å². The van der Waals surface area contributed by atoms with Crippen LogP contribution in [0.2, 0.25) is 0 Å². The van der Waals surface area contributed by atoms with Gasteiger partial charge in [0.05, 0.1) is 18.3 Å². The van der Waals surface area contributed by atoms with Crippen LogP contribution in [0.1, 0.15) is 85.5 Å². The summed E-state index contributed by atoms with van der Waals surface area (Å²) < 4.78 is 0. The van der Waals surface area contributed by atoms with Crippen molar-refractivity contribution in [3.63, 3.8) is 0 Å². The van der Waals surface area contributed by atoms with E-state index in [0.717, 1.165) is 54.7 Å². The summed E-state index contributed by atoms with van der Waals surface area (Å²) in [5.41, 5.74) is 3.34. The van der Waals surface area contributed by atoms with E-state index in [1.165, 1.54) is 19.3 Å². The Kier molecular flexibility index (Phi) is 7.69. The van der Waals surface area contributed by atoms with Crippen LogP contribution in [-0.2, 0) is 0 Å². The van der Waals surface area contributed by atoms with E-state index in [9.17, 15) is 15.3 Å². The average Bonchev–Trinajstić information content (AvgIpc) is 2.94. The van der Waals surface area contributed by atoms with E-state index < -0.39 is 6.10 Å². The Morgan fingerprint density at radius 3 is 2.53 bits per heavy atom. The Labute approximate surface area is 184 Å². The van der Waals surface area contributed by atoms with Gasteiger partial charge in [-0.15, -0.1) is 0 Å². The molecule has 0 aliphatic heterocycles. The largest absolute Gasteiger partial charge is 0.393 e. The molecule has 3 aliphatic carbocycles. The zero-order chi connectivity index (χ0) is 22.1. The van der Waals surface area contributed by atoms with Gasteiger partial charge >= 0.3 is 0 Å². The van der Waals surface area contributed by atoms with E-state index >= 15 is 0 Å². The van der Waals surface area contributed by atoms with Crippen molar-refractivity contribution in [2.24, 2.45) is 29.1 Å². The first-order valence-corrected chi connectivity index (χ1v) is 12.3. The molecule has 3 saturated carbocycles. The molecule has 7 atom stereocenters. The van der Waals surface area contributed by atoms with Crippen LogP contribution >= 0.6 is 0 Å². The molecule has 0 bridgehead atoms. The highest BCUT2D eigenvalue weighted by molar-refractivity contribution is 5.37. The summed E-state index contributed by atoms with van der Waals surface area (Å²) in [7, 11) is 0. The average molecular weight is 417 g/mol. The van der Waals surface area contributed by atoms with Crippen LogP contribution in [0.5, 0.6) is 0 Å². The molecule has 0 aromatic rings. The summed E-state index contributed by atoms with van der Waals surface area (Å²) in [6.07, 6.45) is 11.6. The van der Waals surface area contributed by atoms with Crippen molar-refractivity contribution in [1.82, 2.24) is 0 Å². The minimum absolute atomic E-state index is 0.0450. The molecule has 0 radical (unpaired) electrons. The Bertz CT molecular complexity index is 676. The lowest BCUT2D eigenvalue weighted by Crippen LogP contribution is -2.41. The van der Waals surface area contributed by atoms with Gasteiger partial charge < -0.3 is 15.3 Å². The highest BCUT2D eigenvalue weighted by Crippen LogP contribution is 2.60. The van der Waals surface area contributed by atoms with E-state index in [1.807, 2.05) is 0 Å². The lowest BCUT2D eigenvalue weighted by atomic mass is 9.60. The molecule has 3 heteroatoms. The Morgan fingerprint density at radius 1 is 1.10 bits per heavy atom. The molecule has 3 N–H and O–H groups in total. The lowest BCUT2D eigenvalue weighted by molar-refractivity contribution is 0.00921. The fourth-order valence-electron chi connectivity index (χ4n) is 6.70. The first-order chi connectivity index (χ1) is 14.1. The second-order valence-electron chi connectivity index (χ2n) is 11.1. The van der Waals surface area contributed by atoms with Crippen LogP contribution in [0.3, 0.4) is 0 Å². The number of aliphatic hydroxyl groups excluding tert-OH is 3.